The van der Waals surface area contributed by atoms with Crippen molar-refractivity contribution in [3.05, 3.63) is 23.9 Å². The molecule has 4 nitrogen and oxygen atoms in total. The topological polar surface area (TPSA) is 63.8 Å². The molecule has 1 rings (SSSR count). The lowest BCUT2D eigenvalue weighted by atomic mass is 10.6. The van der Waals surface area contributed by atoms with Gasteiger partial charge in [0.25, 0.3) is 0 Å². The molecule has 1 aromatic heterocycles. The molecule has 6 heteroatoms. The molecular weight excluding hydrogens is 208 g/mol. The van der Waals surface area contributed by atoms with Crippen molar-refractivity contribution < 1.29 is 0 Å². The van der Waals surface area contributed by atoms with Gasteiger partial charge in [0.05, 0.1) is 0 Å². The average Bonchev–Trinajstić information content (AvgIpc) is 2.14. The molecule has 0 aliphatic heterocycles. The maximum Gasteiger partial charge on any atom is 0.191 e. The third kappa shape index (κ3) is 3.22. The minimum atomic E-state index is 0.370. The summed E-state index contributed by atoms with van der Waals surface area (Å²) in [5.41, 5.74) is 2.41. The molecule has 0 unspecified atom stereocenters. The van der Waals surface area contributed by atoms with Crippen LogP contribution < -0.4 is 11.3 Å². The van der Waals surface area contributed by atoms with Gasteiger partial charge < -0.3 is 5.43 Å². The highest BCUT2D eigenvalue weighted by Crippen LogP contribution is 2.18. The van der Waals surface area contributed by atoms with Crippen LogP contribution in [0.25, 0.3) is 0 Å². The van der Waals surface area contributed by atoms with Gasteiger partial charge in [-0.1, -0.05) is 29.4 Å². The number of nitrogens with one attached hydrogen (secondary N) is 1. The molecule has 0 saturated carbocycles. The summed E-state index contributed by atoms with van der Waals surface area (Å²) in [5.74, 6) is 6.43. The molecule has 1 heterocycles. The SMILES string of the molecule is C=CCSc1nc(Cl)cc(NN)n1. The van der Waals surface area contributed by atoms with E-state index in [1.54, 1.807) is 12.1 Å². The average molecular weight is 217 g/mol. The summed E-state index contributed by atoms with van der Waals surface area (Å²) in [6.07, 6.45) is 1.77. The van der Waals surface area contributed by atoms with Crippen LogP contribution in [-0.4, -0.2) is 15.7 Å². The molecule has 1 aromatic rings. The van der Waals surface area contributed by atoms with Crippen molar-refractivity contribution in [2.24, 2.45) is 5.84 Å². The summed E-state index contributed by atoms with van der Waals surface area (Å²) in [6, 6.07) is 1.56. The molecule has 13 heavy (non-hydrogen) atoms. The first-order chi connectivity index (χ1) is 6.26. The Bertz CT molecular complexity index is 305. The zero-order valence-electron chi connectivity index (χ0n) is 6.83. The predicted octanol–water partition coefficient (Wildman–Crippen LogP) is 1.69. The van der Waals surface area contributed by atoms with E-state index in [4.69, 9.17) is 17.4 Å². The molecule has 0 amide bonds. The number of anilines is 1. The van der Waals surface area contributed by atoms with E-state index in [-0.39, 0.29) is 0 Å². The van der Waals surface area contributed by atoms with Gasteiger partial charge in [-0.3, -0.25) is 0 Å². The van der Waals surface area contributed by atoms with Crippen LogP contribution in [0.5, 0.6) is 0 Å². The van der Waals surface area contributed by atoms with Crippen molar-refractivity contribution in [3.8, 4) is 0 Å². The highest BCUT2D eigenvalue weighted by molar-refractivity contribution is 7.99. The Morgan fingerprint density at radius 3 is 3.08 bits per heavy atom. The van der Waals surface area contributed by atoms with Crippen LogP contribution in [0.2, 0.25) is 5.15 Å². The van der Waals surface area contributed by atoms with E-state index in [1.165, 1.54) is 11.8 Å². The number of aromatic nitrogens is 2. The lowest BCUT2D eigenvalue weighted by molar-refractivity contribution is 0.965. The van der Waals surface area contributed by atoms with Crippen molar-refractivity contribution in [1.82, 2.24) is 9.97 Å². The van der Waals surface area contributed by atoms with Gasteiger partial charge >= 0.3 is 0 Å². The molecule has 0 saturated heterocycles. The first-order valence-corrected chi connectivity index (χ1v) is 4.87. The second kappa shape index (κ2) is 5.06. The first-order valence-electron chi connectivity index (χ1n) is 3.51. The summed E-state index contributed by atoms with van der Waals surface area (Å²) >= 11 is 7.17. The largest absolute Gasteiger partial charge is 0.308 e. The minimum Gasteiger partial charge on any atom is -0.308 e. The zero-order valence-corrected chi connectivity index (χ0v) is 8.40. The molecule has 0 bridgehead atoms. The van der Waals surface area contributed by atoms with E-state index in [1.807, 2.05) is 0 Å². The maximum atomic E-state index is 5.72. The smallest absolute Gasteiger partial charge is 0.191 e. The molecule has 0 aliphatic carbocycles. The molecule has 0 radical (unpaired) electrons. The summed E-state index contributed by atoms with van der Waals surface area (Å²) in [4.78, 5) is 8.07. The van der Waals surface area contributed by atoms with Crippen molar-refractivity contribution >= 4 is 29.2 Å². The Labute approximate surface area is 85.6 Å². The van der Waals surface area contributed by atoms with Gasteiger partial charge in [0.15, 0.2) is 5.16 Å². The third-order valence-electron chi connectivity index (χ3n) is 1.15. The second-order valence-electron chi connectivity index (χ2n) is 2.10. The van der Waals surface area contributed by atoms with Crippen molar-refractivity contribution in [2.45, 2.75) is 5.16 Å². The fourth-order valence-electron chi connectivity index (χ4n) is 0.669. The van der Waals surface area contributed by atoms with Gasteiger partial charge in [-0.15, -0.1) is 6.58 Å². The Morgan fingerprint density at radius 2 is 2.46 bits per heavy atom. The number of halogens is 1. The Balaban J connectivity index is 2.81. The number of hydrogen-bond acceptors (Lipinski definition) is 5. The van der Waals surface area contributed by atoms with Crippen LogP contribution in [-0.2, 0) is 0 Å². The molecule has 0 spiro atoms. The quantitative estimate of drug-likeness (QED) is 0.200. The summed E-state index contributed by atoms with van der Waals surface area (Å²) in [5, 5.41) is 0.954. The lowest BCUT2D eigenvalue weighted by Gasteiger charge is -2.01. The fourth-order valence-corrected chi connectivity index (χ4v) is 1.49. The fraction of sp³-hybridized carbons (Fsp3) is 0.143. The number of nitrogens with two attached hydrogens (primary N) is 1. The number of nitrogen functional groups attached to an aromatic ring is 1. The van der Waals surface area contributed by atoms with Gasteiger partial charge in [0, 0.05) is 11.8 Å². The number of thioether (sulfide) groups is 1. The van der Waals surface area contributed by atoms with E-state index in [0.29, 0.717) is 16.1 Å². The summed E-state index contributed by atoms with van der Waals surface area (Å²) in [6.45, 7) is 3.59. The zero-order chi connectivity index (χ0) is 9.68. The van der Waals surface area contributed by atoms with Crippen LogP contribution in [0.4, 0.5) is 5.82 Å². The van der Waals surface area contributed by atoms with Crippen LogP contribution >= 0.6 is 23.4 Å². The van der Waals surface area contributed by atoms with Crippen LogP contribution in [0.1, 0.15) is 0 Å². The predicted molar refractivity (Wildman–Crippen MR) is 55.8 cm³/mol. The van der Waals surface area contributed by atoms with Crippen molar-refractivity contribution in [1.29, 1.82) is 0 Å². The number of hydrogen-bond donors (Lipinski definition) is 2. The summed E-state index contributed by atoms with van der Waals surface area (Å²) < 4.78 is 0. The van der Waals surface area contributed by atoms with Crippen molar-refractivity contribution in [3.63, 3.8) is 0 Å². The highest BCUT2D eigenvalue weighted by Gasteiger charge is 2.01. The Kier molecular flexibility index (Phi) is 4.01. The second-order valence-corrected chi connectivity index (χ2v) is 3.48. The molecule has 0 aliphatic rings. The molecular formula is C7H9ClN4S. The van der Waals surface area contributed by atoms with Gasteiger partial charge in [0.1, 0.15) is 11.0 Å². The van der Waals surface area contributed by atoms with Gasteiger partial charge in [-0.2, -0.15) is 0 Å². The van der Waals surface area contributed by atoms with Gasteiger partial charge in [-0.05, 0) is 0 Å². The van der Waals surface area contributed by atoms with E-state index >= 15 is 0 Å². The van der Waals surface area contributed by atoms with Crippen LogP contribution in [0, 0.1) is 0 Å². The molecule has 70 valence electrons. The molecule has 0 fully saturated rings. The van der Waals surface area contributed by atoms with E-state index in [9.17, 15) is 0 Å². The normalized spacial score (nSPS) is 9.69. The first kappa shape index (κ1) is 10.3. The Hall–Kier alpha value is -0.780. The molecule has 0 aromatic carbocycles. The Morgan fingerprint density at radius 1 is 1.69 bits per heavy atom. The van der Waals surface area contributed by atoms with E-state index < -0.39 is 0 Å². The minimum absolute atomic E-state index is 0.370. The van der Waals surface area contributed by atoms with E-state index in [2.05, 4.69) is 22.0 Å². The lowest BCUT2D eigenvalue weighted by Crippen LogP contribution is -2.09. The standard InChI is InChI=1S/C7H9ClN4S/c1-2-3-13-7-10-5(8)4-6(11-7)12-9/h2,4H,1,3,9H2,(H,10,11,12). The van der Waals surface area contributed by atoms with Gasteiger partial charge in [-0.25, -0.2) is 15.8 Å². The maximum absolute atomic E-state index is 5.72. The number of nitrogens with zero attached hydrogens (tertiary/aromatic N) is 2. The highest BCUT2D eigenvalue weighted by atomic mass is 35.5. The molecule has 3 N–H and O–H groups in total. The third-order valence-corrected chi connectivity index (χ3v) is 2.19. The molecule has 0 atom stereocenters. The number of rotatable bonds is 4. The van der Waals surface area contributed by atoms with Crippen LogP contribution in [0.3, 0.4) is 0 Å². The van der Waals surface area contributed by atoms with Crippen molar-refractivity contribution in [2.75, 3.05) is 11.2 Å². The summed E-state index contributed by atoms with van der Waals surface area (Å²) in [7, 11) is 0. The van der Waals surface area contributed by atoms with E-state index in [0.717, 1.165) is 5.75 Å². The van der Waals surface area contributed by atoms with Crippen LogP contribution in [0.15, 0.2) is 23.9 Å². The monoisotopic (exact) mass is 216 g/mol. The van der Waals surface area contributed by atoms with Gasteiger partial charge in [0.2, 0.25) is 0 Å². The number of hydrazine groups is 1.